The molecule has 1 saturated heterocycles. The molecule has 2 fully saturated rings. The van der Waals surface area contributed by atoms with Gasteiger partial charge < -0.3 is 20.9 Å². The number of hydrogen-bond donors (Lipinski definition) is 3. The molecule has 7 nitrogen and oxygen atoms in total. The highest BCUT2D eigenvalue weighted by atomic mass is 16.2. The number of carbonyl (C=O) groups is 2. The number of amides is 2. The second-order valence-electron chi connectivity index (χ2n) is 8.26. The minimum Gasteiger partial charge on any atom is -0.354 e. The number of hydrogen-bond acceptors (Lipinski definition) is 3. The molecule has 0 bridgehead atoms. The number of aliphatic imine (C=N–C) groups is 1. The van der Waals surface area contributed by atoms with Crippen molar-refractivity contribution >= 4 is 17.8 Å². The Kier molecular flexibility index (Phi) is 8.53. The number of benzene rings is 1. The quantitative estimate of drug-likeness (QED) is 0.469. The fourth-order valence-electron chi connectivity index (χ4n) is 4.29. The molecule has 3 N–H and O–H groups in total. The summed E-state index contributed by atoms with van der Waals surface area (Å²) in [4.78, 5) is 31.0. The number of carbonyl (C=O) groups excluding carboxylic acids is 2. The molecule has 1 saturated carbocycles. The summed E-state index contributed by atoms with van der Waals surface area (Å²) >= 11 is 0. The van der Waals surface area contributed by atoms with Crippen LogP contribution in [0.3, 0.4) is 0 Å². The van der Waals surface area contributed by atoms with Crippen LogP contribution in [0.2, 0.25) is 0 Å². The average Bonchev–Trinajstić information content (AvgIpc) is 3.26. The van der Waals surface area contributed by atoms with Crippen LogP contribution in [-0.4, -0.2) is 61.9 Å². The van der Waals surface area contributed by atoms with Crippen LogP contribution in [0.5, 0.6) is 0 Å². The van der Waals surface area contributed by atoms with Gasteiger partial charge in [0, 0.05) is 38.6 Å². The summed E-state index contributed by atoms with van der Waals surface area (Å²) in [6, 6.07) is 10.3. The molecule has 30 heavy (non-hydrogen) atoms. The van der Waals surface area contributed by atoms with Crippen LogP contribution >= 0.6 is 0 Å². The first kappa shape index (κ1) is 22.1. The lowest BCUT2D eigenvalue weighted by molar-refractivity contribution is -0.135. The summed E-state index contributed by atoms with van der Waals surface area (Å²) in [7, 11) is 1.70. The fraction of sp³-hybridized carbons (Fsp3) is 0.609. The summed E-state index contributed by atoms with van der Waals surface area (Å²) in [6.07, 6.45) is 7.41. The van der Waals surface area contributed by atoms with E-state index in [1.807, 2.05) is 23.1 Å². The normalized spacial score (nSPS) is 20.1. The molecule has 0 spiro atoms. The third-order valence-electron chi connectivity index (χ3n) is 6.01. The van der Waals surface area contributed by atoms with Crippen LogP contribution < -0.4 is 16.0 Å². The van der Waals surface area contributed by atoms with Crippen molar-refractivity contribution in [2.75, 3.05) is 33.2 Å². The van der Waals surface area contributed by atoms with Crippen molar-refractivity contribution in [2.24, 2.45) is 10.9 Å². The van der Waals surface area contributed by atoms with Crippen molar-refractivity contribution in [1.82, 2.24) is 20.9 Å². The van der Waals surface area contributed by atoms with Gasteiger partial charge in [-0.3, -0.25) is 14.6 Å². The van der Waals surface area contributed by atoms with Gasteiger partial charge in [-0.15, -0.1) is 0 Å². The first-order chi connectivity index (χ1) is 14.7. The van der Waals surface area contributed by atoms with E-state index in [9.17, 15) is 9.59 Å². The molecule has 3 rings (SSSR count). The summed E-state index contributed by atoms with van der Waals surface area (Å²) in [5, 5.41) is 9.36. The monoisotopic (exact) mass is 413 g/mol. The lowest BCUT2D eigenvalue weighted by Gasteiger charge is -2.26. The number of guanidine groups is 1. The number of likely N-dealkylation sites (tertiary alicyclic amines) is 1. The van der Waals surface area contributed by atoms with E-state index in [-0.39, 0.29) is 24.4 Å². The van der Waals surface area contributed by atoms with Gasteiger partial charge in [-0.1, -0.05) is 49.6 Å². The van der Waals surface area contributed by atoms with Crippen LogP contribution in [0.4, 0.5) is 0 Å². The summed E-state index contributed by atoms with van der Waals surface area (Å²) in [6.45, 7) is 2.28. The molecule has 2 amide bonds. The minimum atomic E-state index is -0.0607. The molecule has 0 radical (unpaired) electrons. The van der Waals surface area contributed by atoms with Gasteiger partial charge >= 0.3 is 0 Å². The van der Waals surface area contributed by atoms with Crippen LogP contribution in [0, 0.1) is 5.92 Å². The van der Waals surface area contributed by atoms with Crippen molar-refractivity contribution < 1.29 is 9.59 Å². The largest absolute Gasteiger partial charge is 0.354 e. The van der Waals surface area contributed by atoms with Gasteiger partial charge in [-0.25, -0.2) is 0 Å². The first-order valence-electron chi connectivity index (χ1n) is 11.2. The van der Waals surface area contributed by atoms with Gasteiger partial charge in [-0.05, 0) is 31.2 Å². The Bertz CT molecular complexity index is 716. The maximum absolute atomic E-state index is 12.7. The Morgan fingerprint density at radius 1 is 1.07 bits per heavy atom. The molecular weight excluding hydrogens is 378 g/mol. The fourth-order valence-corrected chi connectivity index (χ4v) is 4.29. The van der Waals surface area contributed by atoms with Gasteiger partial charge in [0.1, 0.15) is 0 Å². The molecule has 1 aromatic carbocycles. The SMILES string of the molecule is CN=C(NCC(=O)NCCc1ccccc1)NC1CCN(C(=O)C2CCCCC2)C1. The maximum atomic E-state index is 12.7. The molecule has 1 aliphatic heterocycles. The highest BCUT2D eigenvalue weighted by molar-refractivity contribution is 5.86. The molecule has 2 aliphatic rings. The molecule has 1 unspecified atom stereocenters. The zero-order valence-electron chi connectivity index (χ0n) is 18.0. The predicted octanol–water partition coefficient (Wildman–Crippen LogP) is 1.69. The highest BCUT2D eigenvalue weighted by Gasteiger charge is 2.31. The Balaban J connectivity index is 1.34. The molecule has 1 aromatic rings. The minimum absolute atomic E-state index is 0.0607. The van der Waals surface area contributed by atoms with Crippen molar-refractivity contribution in [1.29, 1.82) is 0 Å². The molecule has 7 heteroatoms. The third kappa shape index (κ3) is 6.75. The Labute approximate surface area is 179 Å². The Morgan fingerprint density at radius 3 is 2.57 bits per heavy atom. The lowest BCUT2D eigenvalue weighted by Crippen LogP contribution is -2.48. The standard InChI is InChI=1S/C23H35N5O2/c1-24-23(26-16-21(29)25-14-12-18-8-4-2-5-9-18)27-20-13-15-28(17-20)22(30)19-10-6-3-7-11-19/h2,4-5,8-9,19-20H,3,6-7,10-17H2,1H3,(H,25,29)(H2,24,26,27). The van der Waals surface area contributed by atoms with E-state index in [0.29, 0.717) is 25.0 Å². The average molecular weight is 414 g/mol. The number of nitrogens with zero attached hydrogens (tertiary/aromatic N) is 2. The second-order valence-corrected chi connectivity index (χ2v) is 8.26. The van der Waals surface area contributed by atoms with Gasteiger partial charge in [0.15, 0.2) is 5.96 Å². The van der Waals surface area contributed by atoms with Crippen molar-refractivity contribution in [3.8, 4) is 0 Å². The van der Waals surface area contributed by atoms with E-state index in [1.54, 1.807) is 7.05 Å². The van der Waals surface area contributed by atoms with Gasteiger partial charge in [0.2, 0.25) is 11.8 Å². The number of nitrogens with one attached hydrogen (secondary N) is 3. The zero-order valence-corrected chi connectivity index (χ0v) is 18.0. The molecular formula is C23H35N5O2. The Morgan fingerprint density at radius 2 is 1.83 bits per heavy atom. The third-order valence-corrected chi connectivity index (χ3v) is 6.01. The second kappa shape index (κ2) is 11.6. The smallest absolute Gasteiger partial charge is 0.239 e. The Hall–Kier alpha value is -2.57. The summed E-state index contributed by atoms with van der Waals surface area (Å²) in [5.74, 6) is 1.08. The molecule has 164 valence electrons. The zero-order chi connectivity index (χ0) is 21.2. The van der Waals surface area contributed by atoms with E-state index < -0.39 is 0 Å². The first-order valence-corrected chi connectivity index (χ1v) is 11.2. The van der Waals surface area contributed by atoms with Crippen LogP contribution in [0.1, 0.15) is 44.1 Å². The van der Waals surface area contributed by atoms with Crippen molar-refractivity contribution in [3.63, 3.8) is 0 Å². The van der Waals surface area contributed by atoms with Crippen LogP contribution in [0.25, 0.3) is 0 Å². The van der Waals surface area contributed by atoms with E-state index >= 15 is 0 Å². The van der Waals surface area contributed by atoms with Crippen LogP contribution in [0.15, 0.2) is 35.3 Å². The maximum Gasteiger partial charge on any atom is 0.239 e. The van der Waals surface area contributed by atoms with Crippen LogP contribution in [-0.2, 0) is 16.0 Å². The lowest BCUT2D eigenvalue weighted by atomic mass is 9.88. The van der Waals surface area contributed by atoms with E-state index in [4.69, 9.17) is 0 Å². The topological polar surface area (TPSA) is 85.8 Å². The van der Waals surface area contributed by atoms with E-state index in [2.05, 4.69) is 33.1 Å². The van der Waals surface area contributed by atoms with E-state index in [1.165, 1.54) is 24.8 Å². The molecule has 1 heterocycles. The van der Waals surface area contributed by atoms with Gasteiger partial charge in [0.05, 0.1) is 6.54 Å². The van der Waals surface area contributed by atoms with Crippen molar-refractivity contribution in [2.45, 2.75) is 51.0 Å². The van der Waals surface area contributed by atoms with Crippen molar-refractivity contribution in [3.05, 3.63) is 35.9 Å². The molecule has 1 atom stereocenters. The summed E-state index contributed by atoms with van der Waals surface area (Å²) < 4.78 is 0. The van der Waals surface area contributed by atoms with Gasteiger partial charge in [0.25, 0.3) is 0 Å². The molecule has 0 aromatic heterocycles. The van der Waals surface area contributed by atoms with Gasteiger partial charge in [-0.2, -0.15) is 0 Å². The van der Waals surface area contributed by atoms with E-state index in [0.717, 1.165) is 32.2 Å². The molecule has 1 aliphatic carbocycles. The predicted molar refractivity (Wildman–Crippen MR) is 119 cm³/mol. The summed E-state index contributed by atoms with van der Waals surface area (Å²) in [5.41, 5.74) is 1.21. The number of rotatable bonds is 7. The highest BCUT2D eigenvalue weighted by Crippen LogP contribution is 2.26.